The fourth-order valence-electron chi connectivity index (χ4n) is 7.71. The van der Waals surface area contributed by atoms with Gasteiger partial charge in [0.15, 0.2) is 0 Å². The molecule has 0 unspecified atom stereocenters. The van der Waals surface area contributed by atoms with Crippen molar-refractivity contribution in [1.29, 1.82) is 0 Å². The predicted molar refractivity (Wildman–Crippen MR) is 203 cm³/mol. The number of fused-ring (bicyclic) bond motifs is 7. The molecule has 224 valence electrons. The molecule has 0 saturated carbocycles. The molecule has 0 spiro atoms. The van der Waals surface area contributed by atoms with Gasteiger partial charge in [0.2, 0.25) is 0 Å². The molecular weight excluding hydrogens is 581 g/mol. The zero-order chi connectivity index (χ0) is 31.6. The van der Waals surface area contributed by atoms with Gasteiger partial charge in [-0.15, -0.1) is 0 Å². The van der Waals surface area contributed by atoms with Crippen molar-refractivity contribution in [2.45, 2.75) is 0 Å². The number of para-hydroxylation sites is 2. The van der Waals surface area contributed by atoms with Gasteiger partial charge in [-0.1, -0.05) is 133 Å². The monoisotopic (exact) mass is 610 g/mol. The minimum absolute atomic E-state index is 1.16. The van der Waals surface area contributed by atoms with E-state index in [1.165, 1.54) is 76.6 Å². The third kappa shape index (κ3) is 4.06. The predicted octanol–water partition coefficient (Wildman–Crippen LogP) is 12.4. The van der Waals surface area contributed by atoms with E-state index in [2.05, 4.69) is 191 Å². The zero-order valence-corrected chi connectivity index (χ0v) is 26.2. The average Bonchev–Trinajstić information content (AvgIpc) is 3.66. The minimum Gasteiger partial charge on any atom is -0.309 e. The van der Waals surface area contributed by atoms with Crippen LogP contribution in [-0.2, 0) is 0 Å². The van der Waals surface area contributed by atoms with Gasteiger partial charge in [-0.2, -0.15) is 0 Å². The highest BCUT2D eigenvalue weighted by atomic mass is 15.0. The highest BCUT2D eigenvalue weighted by molar-refractivity contribution is 6.19. The van der Waals surface area contributed by atoms with E-state index in [1.807, 2.05) is 0 Å². The Labute approximate surface area is 278 Å². The first kappa shape index (κ1) is 26.8. The van der Waals surface area contributed by atoms with Gasteiger partial charge in [0.1, 0.15) is 0 Å². The molecule has 2 heteroatoms. The molecule has 0 amide bonds. The molecule has 0 N–H and O–H groups in total. The Hall–Kier alpha value is -6.38. The van der Waals surface area contributed by atoms with E-state index in [0.717, 1.165) is 11.4 Å². The quantitative estimate of drug-likeness (QED) is 0.188. The number of nitrogens with zero attached hydrogens (tertiary/aromatic N) is 2. The van der Waals surface area contributed by atoms with Crippen molar-refractivity contribution >= 4 is 54.4 Å². The second-order valence-electron chi connectivity index (χ2n) is 12.6. The maximum Gasteiger partial charge on any atom is 0.0548 e. The fourth-order valence-corrected chi connectivity index (χ4v) is 7.71. The molecule has 10 aromatic rings. The number of rotatable bonds is 4. The van der Waals surface area contributed by atoms with Crippen LogP contribution in [0.25, 0.3) is 88.0 Å². The van der Waals surface area contributed by atoms with E-state index in [0.29, 0.717) is 0 Å². The van der Waals surface area contributed by atoms with E-state index < -0.39 is 0 Å². The summed E-state index contributed by atoms with van der Waals surface area (Å²) >= 11 is 0. The summed E-state index contributed by atoms with van der Waals surface area (Å²) in [5, 5.41) is 7.54. The van der Waals surface area contributed by atoms with Crippen molar-refractivity contribution in [3.05, 3.63) is 182 Å². The standard InChI is InChI=1S/C46H30N2/c1-2-12-31(13-3-1)34-16-10-17-36(28-34)48-44-23-9-7-20-40(44)42-29-45-41(30-46(42)48)39-19-6-8-22-43(39)47(45)35-26-24-33(25-27-35)38-21-11-15-32-14-4-5-18-37(32)38/h1-30H. The third-order valence-electron chi connectivity index (χ3n) is 9.90. The summed E-state index contributed by atoms with van der Waals surface area (Å²) in [5.74, 6) is 0. The normalized spacial score (nSPS) is 11.8. The summed E-state index contributed by atoms with van der Waals surface area (Å²) < 4.78 is 4.86. The van der Waals surface area contributed by atoms with E-state index in [1.54, 1.807) is 0 Å². The van der Waals surface area contributed by atoms with Crippen LogP contribution in [-0.4, -0.2) is 9.13 Å². The van der Waals surface area contributed by atoms with Crippen molar-refractivity contribution in [3.63, 3.8) is 0 Å². The Morgan fingerprint density at radius 1 is 0.271 bits per heavy atom. The van der Waals surface area contributed by atoms with Crippen LogP contribution in [0.15, 0.2) is 182 Å². The lowest BCUT2D eigenvalue weighted by molar-refractivity contribution is 1.17. The smallest absolute Gasteiger partial charge is 0.0548 e. The highest BCUT2D eigenvalue weighted by Crippen LogP contribution is 2.40. The van der Waals surface area contributed by atoms with E-state index in [4.69, 9.17) is 0 Å². The maximum atomic E-state index is 2.43. The molecule has 0 bridgehead atoms. The molecule has 0 aliphatic heterocycles. The van der Waals surface area contributed by atoms with Gasteiger partial charge >= 0.3 is 0 Å². The van der Waals surface area contributed by atoms with Crippen molar-refractivity contribution in [3.8, 4) is 33.6 Å². The zero-order valence-electron chi connectivity index (χ0n) is 26.2. The van der Waals surface area contributed by atoms with Gasteiger partial charge in [-0.3, -0.25) is 0 Å². The van der Waals surface area contributed by atoms with Crippen LogP contribution in [0.3, 0.4) is 0 Å². The Balaban J connectivity index is 1.20. The van der Waals surface area contributed by atoms with E-state index in [9.17, 15) is 0 Å². The number of hydrogen-bond acceptors (Lipinski definition) is 0. The van der Waals surface area contributed by atoms with Crippen LogP contribution >= 0.6 is 0 Å². The van der Waals surface area contributed by atoms with Gasteiger partial charge in [-0.05, 0) is 81.6 Å². The third-order valence-corrected chi connectivity index (χ3v) is 9.90. The largest absolute Gasteiger partial charge is 0.309 e. The first-order valence-corrected chi connectivity index (χ1v) is 16.5. The molecule has 0 saturated heterocycles. The summed E-state index contributed by atoms with van der Waals surface area (Å²) in [4.78, 5) is 0. The van der Waals surface area contributed by atoms with Crippen LogP contribution in [0.2, 0.25) is 0 Å². The highest BCUT2D eigenvalue weighted by Gasteiger charge is 2.18. The van der Waals surface area contributed by atoms with Gasteiger partial charge in [0, 0.05) is 32.9 Å². The SMILES string of the molecule is c1ccc(-c2cccc(-n3c4ccccc4c4cc5c(cc43)c3ccccc3n5-c3ccc(-c4cccc5ccccc45)cc3)c2)cc1. The van der Waals surface area contributed by atoms with Gasteiger partial charge in [0.25, 0.3) is 0 Å². The topological polar surface area (TPSA) is 9.86 Å². The summed E-state index contributed by atoms with van der Waals surface area (Å²) in [6.07, 6.45) is 0. The van der Waals surface area contributed by atoms with Crippen molar-refractivity contribution in [2.24, 2.45) is 0 Å². The Bertz CT molecular complexity index is 2810. The molecule has 8 aromatic carbocycles. The maximum absolute atomic E-state index is 2.43. The molecule has 10 rings (SSSR count). The fraction of sp³-hybridized carbons (Fsp3) is 0. The Morgan fingerprint density at radius 3 is 1.52 bits per heavy atom. The Kier molecular flexibility index (Phi) is 5.91. The summed E-state index contributed by atoms with van der Waals surface area (Å²) in [6, 6.07) is 66.2. The van der Waals surface area contributed by atoms with Crippen LogP contribution in [0.4, 0.5) is 0 Å². The van der Waals surface area contributed by atoms with Gasteiger partial charge < -0.3 is 9.13 Å². The first-order valence-electron chi connectivity index (χ1n) is 16.5. The van der Waals surface area contributed by atoms with Gasteiger partial charge in [-0.25, -0.2) is 0 Å². The molecule has 0 aliphatic rings. The van der Waals surface area contributed by atoms with Gasteiger partial charge in [0.05, 0.1) is 22.1 Å². The van der Waals surface area contributed by atoms with Crippen molar-refractivity contribution in [2.75, 3.05) is 0 Å². The van der Waals surface area contributed by atoms with Crippen LogP contribution in [0, 0.1) is 0 Å². The van der Waals surface area contributed by atoms with Crippen LogP contribution in [0.1, 0.15) is 0 Å². The summed E-state index contributed by atoms with van der Waals surface area (Å²) in [5.41, 5.74) is 12.1. The molecule has 0 fully saturated rings. The first-order chi connectivity index (χ1) is 23.8. The van der Waals surface area contributed by atoms with Crippen molar-refractivity contribution < 1.29 is 0 Å². The lowest BCUT2D eigenvalue weighted by atomic mass is 9.98. The molecule has 48 heavy (non-hydrogen) atoms. The number of aromatic nitrogens is 2. The van der Waals surface area contributed by atoms with E-state index in [-0.39, 0.29) is 0 Å². The van der Waals surface area contributed by atoms with Crippen LogP contribution in [0.5, 0.6) is 0 Å². The molecule has 0 atom stereocenters. The van der Waals surface area contributed by atoms with E-state index >= 15 is 0 Å². The van der Waals surface area contributed by atoms with Crippen molar-refractivity contribution in [1.82, 2.24) is 9.13 Å². The molecule has 2 nitrogen and oxygen atoms in total. The molecule has 0 aliphatic carbocycles. The second kappa shape index (κ2) is 10.6. The molecular formula is C46H30N2. The molecule has 0 radical (unpaired) electrons. The minimum atomic E-state index is 1.16. The lowest BCUT2D eigenvalue weighted by Crippen LogP contribution is -1.95. The number of hydrogen-bond donors (Lipinski definition) is 0. The molecule has 2 aromatic heterocycles. The summed E-state index contributed by atoms with van der Waals surface area (Å²) in [7, 11) is 0. The Morgan fingerprint density at radius 2 is 0.812 bits per heavy atom. The molecule has 2 heterocycles. The average molecular weight is 611 g/mol. The second-order valence-corrected chi connectivity index (χ2v) is 12.6. The summed E-state index contributed by atoms with van der Waals surface area (Å²) in [6.45, 7) is 0. The number of benzene rings is 8. The van der Waals surface area contributed by atoms with Crippen LogP contribution < -0.4 is 0 Å². The lowest BCUT2D eigenvalue weighted by Gasteiger charge is -2.12.